The Kier molecular flexibility index (Phi) is 5.38. The van der Waals surface area contributed by atoms with Crippen molar-refractivity contribution in [3.8, 4) is 11.4 Å². The fourth-order valence-electron chi connectivity index (χ4n) is 3.28. The lowest BCUT2D eigenvalue weighted by atomic mass is 10.1. The van der Waals surface area contributed by atoms with Gasteiger partial charge in [0.05, 0.1) is 33.1 Å². The third kappa shape index (κ3) is 3.85. The molecule has 0 aliphatic carbocycles. The van der Waals surface area contributed by atoms with E-state index >= 15 is 0 Å². The average Bonchev–Trinajstić information content (AvgIpc) is 3.25. The number of benzene rings is 2. The monoisotopic (exact) mass is 462 g/mol. The molecule has 0 amide bonds. The van der Waals surface area contributed by atoms with E-state index in [1.54, 1.807) is 18.2 Å². The first-order chi connectivity index (χ1) is 14.8. The van der Waals surface area contributed by atoms with Gasteiger partial charge in [0.25, 0.3) is 5.56 Å². The summed E-state index contributed by atoms with van der Waals surface area (Å²) >= 11 is 12.0. The van der Waals surface area contributed by atoms with Crippen LogP contribution in [0.2, 0.25) is 10.0 Å². The molecule has 2 N–H and O–H groups in total. The summed E-state index contributed by atoms with van der Waals surface area (Å²) in [7, 11) is 0. The minimum Gasteiger partial charge on any atom is -0.480 e. The first-order valence-electron chi connectivity index (χ1n) is 8.88. The van der Waals surface area contributed by atoms with Crippen molar-refractivity contribution in [3.05, 3.63) is 85.0 Å². The largest absolute Gasteiger partial charge is 0.480 e. The molecule has 158 valence electrons. The maximum atomic E-state index is 14.8. The zero-order chi connectivity index (χ0) is 22.3. The first kappa shape index (κ1) is 20.8. The Labute approximate surface area is 183 Å². The summed E-state index contributed by atoms with van der Waals surface area (Å²) < 4.78 is 16.5. The molecular weight excluding hydrogens is 450 g/mol. The van der Waals surface area contributed by atoms with Gasteiger partial charge in [-0.2, -0.15) is 0 Å². The second-order valence-corrected chi connectivity index (χ2v) is 7.50. The van der Waals surface area contributed by atoms with Crippen molar-refractivity contribution >= 4 is 40.1 Å². The van der Waals surface area contributed by atoms with Crippen LogP contribution in [0.5, 0.6) is 0 Å². The number of carbonyl (C=O) groups is 1. The molecule has 11 heteroatoms. The van der Waals surface area contributed by atoms with E-state index in [0.29, 0.717) is 15.2 Å². The molecule has 0 aliphatic heterocycles. The van der Waals surface area contributed by atoms with Crippen molar-refractivity contribution in [2.75, 3.05) is 0 Å². The van der Waals surface area contributed by atoms with Gasteiger partial charge in [-0.05, 0) is 29.8 Å². The molecule has 0 bridgehead atoms. The molecule has 4 rings (SSSR count). The average molecular weight is 463 g/mol. The Morgan fingerprint density at radius 2 is 1.90 bits per heavy atom. The van der Waals surface area contributed by atoms with E-state index in [2.05, 4.69) is 9.97 Å². The molecule has 31 heavy (non-hydrogen) atoms. The van der Waals surface area contributed by atoms with Gasteiger partial charge in [-0.3, -0.25) is 14.2 Å². The molecule has 2 heterocycles. The molecule has 0 unspecified atom stereocenters. The van der Waals surface area contributed by atoms with E-state index in [0.717, 1.165) is 6.07 Å². The molecule has 0 spiro atoms. The second kappa shape index (κ2) is 8.01. The molecule has 0 fully saturated rings. The van der Waals surface area contributed by atoms with Crippen LogP contribution in [0.3, 0.4) is 0 Å². The maximum absolute atomic E-state index is 14.8. The SMILES string of the molecule is O=C(O)Cn1c(=O)c2cc(F)c(-c3ncc[nH]3)cc2n(Cc2ccc(Cl)c(Cl)c2)c1=O. The van der Waals surface area contributed by atoms with Crippen LogP contribution < -0.4 is 11.2 Å². The van der Waals surface area contributed by atoms with E-state index < -0.39 is 29.6 Å². The van der Waals surface area contributed by atoms with Crippen LogP contribution in [0.4, 0.5) is 4.39 Å². The Hall–Kier alpha value is -3.43. The number of H-pyrrole nitrogens is 1. The molecular formula is C20H13Cl2FN4O4. The fraction of sp³-hybridized carbons (Fsp3) is 0.100. The zero-order valence-corrected chi connectivity index (χ0v) is 17.1. The summed E-state index contributed by atoms with van der Waals surface area (Å²) in [6.07, 6.45) is 2.94. The number of aromatic amines is 1. The number of nitrogens with one attached hydrogen (secondary N) is 1. The van der Waals surface area contributed by atoms with Crippen LogP contribution in [-0.2, 0) is 17.9 Å². The van der Waals surface area contributed by atoms with Crippen molar-refractivity contribution in [2.24, 2.45) is 0 Å². The van der Waals surface area contributed by atoms with Gasteiger partial charge in [-0.1, -0.05) is 29.3 Å². The van der Waals surface area contributed by atoms with Crippen LogP contribution in [0, 0.1) is 5.82 Å². The molecule has 8 nitrogen and oxygen atoms in total. The van der Waals surface area contributed by atoms with Gasteiger partial charge < -0.3 is 10.1 Å². The number of carboxylic acids is 1. The van der Waals surface area contributed by atoms with E-state index in [1.165, 1.54) is 23.0 Å². The number of aliphatic carboxylic acids is 1. The molecule has 0 atom stereocenters. The first-order valence-corrected chi connectivity index (χ1v) is 9.64. The number of hydrogen-bond acceptors (Lipinski definition) is 4. The Morgan fingerprint density at radius 3 is 2.55 bits per heavy atom. The quantitative estimate of drug-likeness (QED) is 0.473. The number of carboxylic acid groups (broad SMARTS) is 1. The molecule has 2 aromatic carbocycles. The third-order valence-electron chi connectivity index (χ3n) is 4.68. The summed E-state index contributed by atoms with van der Waals surface area (Å²) in [6.45, 7) is -0.925. The minimum absolute atomic E-state index is 0.0511. The molecule has 0 saturated carbocycles. The van der Waals surface area contributed by atoms with Crippen molar-refractivity contribution in [3.63, 3.8) is 0 Å². The minimum atomic E-state index is -1.38. The normalized spacial score (nSPS) is 11.2. The zero-order valence-electron chi connectivity index (χ0n) is 15.6. The van der Waals surface area contributed by atoms with Crippen LogP contribution in [0.15, 0.2) is 52.3 Å². The number of fused-ring (bicyclic) bond motifs is 1. The van der Waals surface area contributed by atoms with E-state index in [1.807, 2.05) is 0 Å². The summed E-state index contributed by atoms with van der Waals surface area (Å²) in [6, 6.07) is 7.03. The van der Waals surface area contributed by atoms with Crippen molar-refractivity contribution < 1.29 is 14.3 Å². The van der Waals surface area contributed by atoms with Gasteiger partial charge in [0.1, 0.15) is 18.2 Å². The summed E-state index contributed by atoms with van der Waals surface area (Å²) in [4.78, 5) is 43.9. The number of rotatable bonds is 5. The predicted octanol–water partition coefficient (Wildman–Crippen LogP) is 3.13. The number of aromatic nitrogens is 4. The summed E-state index contributed by atoms with van der Waals surface area (Å²) in [5.74, 6) is -1.92. The molecule has 0 aliphatic rings. The maximum Gasteiger partial charge on any atom is 0.332 e. The molecule has 2 aromatic heterocycles. The Bertz CT molecular complexity index is 1440. The highest BCUT2D eigenvalue weighted by Crippen LogP contribution is 2.26. The molecule has 0 saturated heterocycles. The van der Waals surface area contributed by atoms with Gasteiger partial charge in [0, 0.05) is 12.4 Å². The fourth-order valence-corrected chi connectivity index (χ4v) is 3.60. The highest BCUT2D eigenvalue weighted by atomic mass is 35.5. The Balaban J connectivity index is 2.03. The van der Waals surface area contributed by atoms with Gasteiger partial charge in [-0.25, -0.2) is 18.7 Å². The van der Waals surface area contributed by atoms with E-state index in [-0.39, 0.29) is 33.9 Å². The van der Waals surface area contributed by atoms with Gasteiger partial charge in [0.2, 0.25) is 0 Å². The van der Waals surface area contributed by atoms with Crippen LogP contribution in [-0.4, -0.2) is 30.2 Å². The topological polar surface area (TPSA) is 110 Å². The van der Waals surface area contributed by atoms with Gasteiger partial charge in [-0.15, -0.1) is 0 Å². The third-order valence-corrected chi connectivity index (χ3v) is 5.42. The van der Waals surface area contributed by atoms with Gasteiger partial charge in [0.15, 0.2) is 0 Å². The lowest BCUT2D eigenvalue weighted by Gasteiger charge is -2.15. The lowest BCUT2D eigenvalue weighted by molar-refractivity contribution is -0.137. The second-order valence-electron chi connectivity index (χ2n) is 6.69. The predicted molar refractivity (Wildman–Crippen MR) is 113 cm³/mol. The highest BCUT2D eigenvalue weighted by Gasteiger charge is 2.19. The summed E-state index contributed by atoms with van der Waals surface area (Å²) in [5.41, 5.74) is -1.02. The number of hydrogen-bond donors (Lipinski definition) is 2. The van der Waals surface area contributed by atoms with E-state index in [9.17, 15) is 18.8 Å². The standard InChI is InChI=1S/C20H13Cl2FN4O4/c21-13-2-1-10(5-14(13)22)8-26-16-7-11(18-24-3-4-25-18)15(23)6-12(16)19(30)27(20(26)31)9-17(28)29/h1-7H,8-9H2,(H,24,25)(H,28,29). The van der Waals surface area contributed by atoms with Crippen LogP contribution in [0.25, 0.3) is 22.3 Å². The van der Waals surface area contributed by atoms with Gasteiger partial charge >= 0.3 is 11.7 Å². The Morgan fingerprint density at radius 1 is 1.13 bits per heavy atom. The van der Waals surface area contributed by atoms with Crippen molar-refractivity contribution in [2.45, 2.75) is 13.1 Å². The van der Waals surface area contributed by atoms with Crippen molar-refractivity contribution in [1.82, 2.24) is 19.1 Å². The smallest absolute Gasteiger partial charge is 0.332 e. The number of nitrogens with zero attached hydrogens (tertiary/aromatic N) is 3. The van der Waals surface area contributed by atoms with E-state index in [4.69, 9.17) is 28.3 Å². The lowest BCUT2D eigenvalue weighted by Crippen LogP contribution is -2.42. The summed E-state index contributed by atoms with van der Waals surface area (Å²) in [5, 5.41) is 9.57. The number of halogens is 3. The molecule has 0 radical (unpaired) electrons. The van der Waals surface area contributed by atoms with Crippen LogP contribution in [0.1, 0.15) is 5.56 Å². The molecule has 4 aromatic rings. The van der Waals surface area contributed by atoms with Crippen LogP contribution >= 0.6 is 23.2 Å². The highest BCUT2D eigenvalue weighted by molar-refractivity contribution is 6.42. The van der Waals surface area contributed by atoms with Crippen molar-refractivity contribution in [1.29, 1.82) is 0 Å². The number of imidazole rings is 1.